The van der Waals surface area contributed by atoms with E-state index in [9.17, 15) is 29.1 Å². The maximum atomic E-state index is 16.0. The van der Waals surface area contributed by atoms with Gasteiger partial charge in [-0.2, -0.15) is 5.10 Å². The highest BCUT2D eigenvalue weighted by molar-refractivity contribution is 7.13. The molecule has 20 heteroatoms. The lowest BCUT2D eigenvalue weighted by atomic mass is 9.72. The van der Waals surface area contributed by atoms with Crippen LogP contribution in [0, 0.1) is 11.2 Å². The molecule has 0 bridgehead atoms. The summed E-state index contributed by atoms with van der Waals surface area (Å²) in [6.07, 6.45) is 6.88. The molecule has 4 fully saturated rings. The summed E-state index contributed by atoms with van der Waals surface area (Å²) in [5.41, 5.74) is 4.74. The summed E-state index contributed by atoms with van der Waals surface area (Å²) in [5.74, 6) is -1.12. The maximum absolute atomic E-state index is 16.0. The van der Waals surface area contributed by atoms with Gasteiger partial charge in [0.15, 0.2) is 17.0 Å². The van der Waals surface area contributed by atoms with Crippen molar-refractivity contribution in [3.8, 4) is 11.1 Å². The Morgan fingerprint density at radius 3 is 2.54 bits per heavy atom. The van der Waals surface area contributed by atoms with Crippen molar-refractivity contribution in [2.45, 2.75) is 63.3 Å². The van der Waals surface area contributed by atoms with Gasteiger partial charge in [-0.25, -0.2) is 19.2 Å². The third-order valence-electron chi connectivity index (χ3n) is 15.3. The number of carbonyl (C=O) groups is 5. The molecular formula is C50H51FN12O6S. The molecule has 3 aromatic carbocycles. The van der Waals surface area contributed by atoms with E-state index in [0.717, 1.165) is 72.3 Å². The van der Waals surface area contributed by atoms with Crippen LogP contribution in [0.1, 0.15) is 71.0 Å². The molecule has 0 radical (unpaired) electrons. The van der Waals surface area contributed by atoms with Crippen LogP contribution in [0.3, 0.4) is 0 Å². The summed E-state index contributed by atoms with van der Waals surface area (Å²) in [7, 11) is 1.80. The lowest BCUT2D eigenvalue weighted by Gasteiger charge is -2.61. The van der Waals surface area contributed by atoms with Gasteiger partial charge in [0.2, 0.25) is 11.8 Å². The zero-order chi connectivity index (χ0) is 48.1. The number of imide groups is 1. The second kappa shape index (κ2) is 16.8. The fourth-order valence-corrected chi connectivity index (χ4v) is 12.1. The van der Waals surface area contributed by atoms with Gasteiger partial charge in [-0.05, 0) is 91.7 Å². The van der Waals surface area contributed by atoms with Crippen LogP contribution < -0.4 is 20.4 Å². The zero-order valence-corrected chi connectivity index (χ0v) is 39.4. The minimum atomic E-state index is -1.09. The number of halogens is 1. The number of nitrogens with zero attached hydrogens (tertiary/aromatic N) is 10. The van der Waals surface area contributed by atoms with E-state index in [2.05, 4.69) is 35.5 Å². The molecule has 3 N–H and O–H groups in total. The van der Waals surface area contributed by atoms with Crippen molar-refractivity contribution >= 4 is 68.5 Å². The van der Waals surface area contributed by atoms with Crippen molar-refractivity contribution in [2.75, 3.05) is 67.5 Å². The van der Waals surface area contributed by atoms with Gasteiger partial charge in [0.1, 0.15) is 5.82 Å². The van der Waals surface area contributed by atoms with Crippen LogP contribution in [0.25, 0.3) is 22.0 Å². The molecule has 3 aromatic heterocycles. The summed E-state index contributed by atoms with van der Waals surface area (Å²) < 4.78 is 19.7. The average molecular weight is 967 g/mol. The largest absolute Gasteiger partial charge is 0.385 e. The molecule has 2 unspecified atom stereocenters. The Balaban J connectivity index is 0.649. The fraction of sp³-hybridized carbons (Fsp3) is 0.400. The van der Waals surface area contributed by atoms with Crippen molar-refractivity contribution < 1.29 is 33.5 Å². The van der Waals surface area contributed by atoms with Gasteiger partial charge in [0, 0.05) is 104 Å². The van der Waals surface area contributed by atoms with Gasteiger partial charge in [-0.15, -0.1) is 11.3 Å². The van der Waals surface area contributed by atoms with Crippen molar-refractivity contribution in [3.05, 3.63) is 106 Å². The summed E-state index contributed by atoms with van der Waals surface area (Å²) >= 11 is 1.28. The summed E-state index contributed by atoms with van der Waals surface area (Å²) in [5, 5.41) is 24.7. The monoisotopic (exact) mass is 966 g/mol. The number of fused-ring (bicyclic) bond motifs is 3. The number of aliphatic hydroxyl groups is 1. The van der Waals surface area contributed by atoms with E-state index in [4.69, 9.17) is 0 Å². The molecule has 6 aliphatic heterocycles. The Morgan fingerprint density at radius 1 is 0.929 bits per heavy atom. The Morgan fingerprint density at radius 2 is 1.76 bits per heavy atom. The van der Waals surface area contributed by atoms with Gasteiger partial charge in [0.25, 0.3) is 11.8 Å². The van der Waals surface area contributed by atoms with Crippen LogP contribution in [0.15, 0.2) is 72.5 Å². The molecule has 6 amide bonds. The first kappa shape index (κ1) is 44.2. The van der Waals surface area contributed by atoms with E-state index in [-0.39, 0.29) is 47.9 Å². The number of hydrogen-bond acceptors (Lipinski definition) is 12. The second-order valence-electron chi connectivity index (χ2n) is 19.8. The highest BCUT2D eigenvalue weighted by Gasteiger charge is 2.53. The predicted octanol–water partition coefficient (Wildman–Crippen LogP) is 4.78. The highest BCUT2D eigenvalue weighted by atomic mass is 32.1. The molecule has 6 aromatic rings. The van der Waals surface area contributed by atoms with Crippen LogP contribution in [0.5, 0.6) is 0 Å². The number of carbonyl (C=O) groups excluding carboxylic acids is 5. The molecule has 9 heterocycles. The first-order valence-electron chi connectivity index (χ1n) is 23.9. The normalized spacial score (nSPS) is 21.4. The number of urea groups is 1. The quantitative estimate of drug-likeness (QED) is 0.171. The molecule has 12 rings (SSSR count). The minimum absolute atomic E-state index is 0.0357. The van der Waals surface area contributed by atoms with Crippen LogP contribution in [0.4, 0.5) is 25.8 Å². The molecule has 18 nitrogen and oxygen atoms in total. The standard InChI is InChI=1S/C50H51FN12O6S/c1-57-39-22-32(7-10-34(39)44(56-57)62-17-11-40(64)54-48(62)68)50(69)12-3-15-58(18-13-50)24-41(65)61-27-49(28-61)25-60(26-49)33-8-5-30(6-9-33)31-20-35-36(37(51)21-31)23-63(46(35)67)43(45(66)55-47-52-14-19-70-47)42-38-4-2-16-59(38)29-53-42/h5-10,14,19-22,29,43,69H,2-4,11-13,15-18,23-28H2,1H3,(H,52,55,66)(H,54,64,68). The predicted molar refractivity (Wildman–Crippen MR) is 257 cm³/mol. The van der Waals surface area contributed by atoms with E-state index < -0.39 is 35.3 Å². The van der Waals surface area contributed by atoms with Gasteiger partial charge < -0.3 is 24.4 Å². The van der Waals surface area contributed by atoms with Gasteiger partial charge in [-0.3, -0.25) is 44.3 Å². The summed E-state index contributed by atoms with van der Waals surface area (Å²) in [6.45, 7) is 5.54. The van der Waals surface area contributed by atoms with E-state index in [1.54, 1.807) is 35.7 Å². The minimum Gasteiger partial charge on any atom is -0.385 e. The van der Waals surface area contributed by atoms with Gasteiger partial charge in [-0.1, -0.05) is 18.2 Å². The number of thiazole rings is 1. The number of anilines is 3. The number of amides is 6. The molecule has 0 saturated carbocycles. The Labute approximate surface area is 405 Å². The topological polar surface area (TPSA) is 194 Å². The lowest BCUT2D eigenvalue weighted by molar-refractivity contribution is -0.146. The number of hydrogen-bond donors (Lipinski definition) is 3. The first-order chi connectivity index (χ1) is 33.8. The van der Waals surface area contributed by atoms with Crippen LogP contribution in [0.2, 0.25) is 0 Å². The maximum Gasteiger partial charge on any atom is 0.329 e. The van der Waals surface area contributed by atoms with Crippen molar-refractivity contribution in [1.82, 2.24) is 44.3 Å². The van der Waals surface area contributed by atoms with Crippen LogP contribution in [-0.2, 0) is 46.5 Å². The van der Waals surface area contributed by atoms with Crippen LogP contribution in [-0.4, -0.2) is 126 Å². The molecule has 0 aliphatic carbocycles. The fourth-order valence-electron chi connectivity index (χ4n) is 11.5. The second-order valence-corrected chi connectivity index (χ2v) is 20.7. The molecule has 1 spiro atoms. The number of likely N-dealkylation sites (tertiary alicyclic amines) is 2. The van der Waals surface area contributed by atoms with Gasteiger partial charge >= 0.3 is 6.03 Å². The zero-order valence-electron chi connectivity index (χ0n) is 38.6. The molecule has 70 heavy (non-hydrogen) atoms. The summed E-state index contributed by atoms with van der Waals surface area (Å²) in [6, 6.07) is 15.2. The third kappa shape index (κ3) is 7.59. The van der Waals surface area contributed by atoms with E-state index in [0.29, 0.717) is 67.8 Å². The number of imidazole rings is 1. The molecule has 4 saturated heterocycles. The lowest BCUT2D eigenvalue weighted by Crippen LogP contribution is -2.73. The number of nitrogens with one attached hydrogen (secondary N) is 2. The van der Waals surface area contributed by atoms with Crippen molar-refractivity contribution in [3.63, 3.8) is 0 Å². The number of rotatable bonds is 10. The van der Waals surface area contributed by atoms with Crippen molar-refractivity contribution in [2.24, 2.45) is 12.5 Å². The number of aryl methyl sites for hydroxylation is 2. The number of benzene rings is 3. The summed E-state index contributed by atoms with van der Waals surface area (Å²) in [4.78, 5) is 84.0. The van der Waals surface area contributed by atoms with Crippen molar-refractivity contribution in [1.29, 1.82) is 0 Å². The van der Waals surface area contributed by atoms with E-state index in [1.807, 2.05) is 51.9 Å². The third-order valence-corrected chi connectivity index (χ3v) is 15.9. The molecule has 2 atom stereocenters. The molecule has 6 aliphatic rings. The average Bonchev–Trinajstić information content (AvgIpc) is 4.16. The molecule has 360 valence electrons. The molecular weight excluding hydrogens is 916 g/mol. The SMILES string of the molecule is Cn1nc(N2CCC(=O)NC2=O)c2ccc(C3(O)CCCN(CC(=O)N4CC5(C4)CN(c4ccc(-c6cc(F)c7c(c6)C(=O)N(C(C(=O)Nc6nccs6)c6ncn8c6CCC8)C7)cc4)C5)CC3)cc21. The highest BCUT2D eigenvalue weighted by Crippen LogP contribution is 2.44. The van der Waals surface area contributed by atoms with Crippen LogP contribution >= 0.6 is 11.3 Å². The van der Waals surface area contributed by atoms with Gasteiger partial charge in [0.05, 0.1) is 36.2 Å². The number of aromatic nitrogens is 5. The first-order valence-corrected chi connectivity index (χ1v) is 24.7. The van der Waals surface area contributed by atoms with E-state index in [1.165, 1.54) is 27.2 Å². The van der Waals surface area contributed by atoms with E-state index >= 15 is 4.39 Å². The Bertz CT molecular complexity index is 3120. The Kier molecular flexibility index (Phi) is 10.6. The Hall–Kier alpha value is -7.03. The smallest absolute Gasteiger partial charge is 0.329 e.